The van der Waals surface area contributed by atoms with Crippen LogP contribution in [0.3, 0.4) is 0 Å². The van der Waals surface area contributed by atoms with Crippen molar-refractivity contribution in [3.05, 3.63) is 47.6 Å². The van der Waals surface area contributed by atoms with E-state index in [1.54, 1.807) is 0 Å². The second kappa shape index (κ2) is 5.11. The molecule has 86 valence electrons. The molecule has 1 rings (SSSR count). The van der Waals surface area contributed by atoms with E-state index in [0.29, 0.717) is 0 Å². The molecule has 0 unspecified atom stereocenters. The van der Waals surface area contributed by atoms with Crippen molar-refractivity contribution in [3.63, 3.8) is 0 Å². The number of nitrogens with zero attached hydrogens (tertiary/aromatic N) is 1. The van der Waals surface area contributed by atoms with Crippen LogP contribution < -0.4 is 17.2 Å². The summed E-state index contributed by atoms with van der Waals surface area (Å²) in [5, 5.41) is 0. The lowest BCUT2D eigenvalue weighted by atomic mass is 10.1. The molecule has 0 aliphatic heterocycles. The summed E-state index contributed by atoms with van der Waals surface area (Å²) in [6.45, 7) is 0. The molecule has 0 aliphatic rings. The Labute approximate surface area is 91.4 Å². The summed E-state index contributed by atoms with van der Waals surface area (Å²) in [5.74, 6) is 0.0467. The summed E-state index contributed by atoms with van der Waals surface area (Å²) in [6.07, 6.45) is 1.30. The quantitative estimate of drug-likeness (QED) is 0.672. The summed E-state index contributed by atoms with van der Waals surface area (Å²) < 4.78 is 25.2. The minimum Gasteiger partial charge on any atom is -0.398 e. The van der Waals surface area contributed by atoms with Crippen molar-refractivity contribution in [1.29, 1.82) is 0 Å². The maximum atomic E-state index is 12.6. The minimum atomic E-state index is -2.68. The molecular weight excluding hydrogens is 214 g/mol. The van der Waals surface area contributed by atoms with Crippen molar-refractivity contribution in [2.75, 3.05) is 0 Å². The summed E-state index contributed by atoms with van der Waals surface area (Å²) >= 11 is 0. The Kier molecular flexibility index (Phi) is 3.82. The SMILES string of the molecule is NC(N)=C/C=C(\N)c1cccnc1C(F)F. The third-order valence-electron chi connectivity index (χ3n) is 1.81. The van der Waals surface area contributed by atoms with Crippen molar-refractivity contribution in [2.24, 2.45) is 17.2 Å². The highest BCUT2D eigenvalue weighted by atomic mass is 19.3. The smallest absolute Gasteiger partial charge is 0.281 e. The monoisotopic (exact) mass is 226 g/mol. The molecule has 0 radical (unpaired) electrons. The van der Waals surface area contributed by atoms with Crippen LogP contribution in [0.4, 0.5) is 8.78 Å². The lowest BCUT2D eigenvalue weighted by Crippen LogP contribution is -2.08. The lowest BCUT2D eigenvalue weighted by molar-refractivity contribution is 0.145. The van der Waals surface area contributed by atoms with E-state index in [1.807, 2.05) is 0 Å². The highest BCUT2D eigenvalue weighted by Crippen LogP contribution is 2.23. The number of aromatic nitrogens is 1. The number of halogens is 2. The Morgan fingerprint density at radius 3 is 2.50 bits per heavy atom. The second-order valence-corrected chi connectivity index (χ2v) is 3.03. The van der Waals surface area contributed by atoms with Gasteiger partial charge >= 0.3 is 0 Å². The number of hydrogen-bond donors (Lipinski definition) is 3. The van der Waals surface area contributed by atoms with Gasteiger partial charge in [-0.3, -0.25) is 4.98 Å². The van der Waals surface area contributed by atoms with Gasteiger partial charge in [0.05, 0.1) is 5.82 Å². The van der Waals surface area contributed by atoms with Gasteiger partial charge in [-0.05, 0) is 24.3 Å². The number of rotatable bonds is 3. The van der Waals surface area contributed by atoms with E-state index in [0.717, 1.165) is 0 Å². The van der Waals surface area contributed by atoms with Gasteiger partial charge in [-0.15, -0.1) is 0 Å². The fourth-order valence-corrected chi connectivity index (χ4v) is 1.11. The highest BCUT2D eigenvalue weighted by Gasteiger charge is 2.14. The molecule has 0 aromatic carbocycles. The van der Waals surface area contributed by atoms with Crippen LogP contribution in [0.1, 0.15) is 17.7 Å². The first-order chi connectivity index (χ1) is 7.52. The van der Waals surface area contributed by atoms with E-state index in [4.69, 9.17) is 17.2 Å². The number of nitrogens with two attached hydrogens (primary N) is 3. The van der Waals surface area contributed by atoms with Crippen LogP contribution >= 0.6 is 0 Å². The number of alkyl halides is 2. The van der Waals surface area contributed by atoms with Crippen molar-refractivity contribution in [2.45, 2.75) is 6.43 Å². The van der Waals surface area contributed by atoms with E-state index >= 15 is 0 Å². The van der Waals surface area contributed by atoms with Crippen LogP contribution in [0.25, 0.3) is 5.70 Å². The molecule has 6 heteroatoms. The average Bonchev–Trinajstić information content (AvgIpc) is 2.25. The van der Waals surface area contributed by atoms with Crippen molar-refractivity contribution >= 4 is 5.70 Å². The topological polar surface area (TPSA) is 91.0 Å². The molecular formula is C10H12F2N4. The van der Waals surface area contributed by atoms with Gasteiger partial charge in [0.2, 0.25) is 0 Å². The molecule has 0 bridgehead atoms. The van der Waals surface area contributed by atoms with E-state index < -0.39 is 6.43 Å². The molecule has 0 amide bonds. The number of allylic oxidation sites excluding steroid dienone is 2. The van der Waals surface area contributed by atoms with Gasteiger partial charge in [-0.2, -0.15) is 0 Å². The van der Waals surface area contributed by atoms with Crippen molar-refractivity contribution < 1.29 is 8.78 Å². The first-order valence-electron chi connectivity index (χ1n) is 4.44. The second-order valence-electron chi connectivity index (χ2n) is 3.03. The molecule has 4 nitrogen and oxygen atoms in total. The summed E-state index contributed by atoms with van der Waals surface area (Å²) in [7, 11) is 0. The van der Waals surface area contributed by atoms with Gasteiger partial charge < -0.3 is 17.2 Å². The lowest BCUT2D eigenvalue weighted by Gasteiger charge is -2.06. The zero-order valence-corrected chi connectivity index (χ0v) is 8.40. The molecule has 0 atom stereocenters. The van der Waals surface area contributed by atoms with Crippen molar-refractivity contribution in [1.82, 2.24) is 4.98 Å². The van der Waals surface area contributed by atoms with Gasteiger partial charge in [-0.1, -0.05) is 0 Å². The molecule has 0 fully saturated rings. The van der Waals surface area contributed by atoms with Crippen LogP contribution in [0.5, 0.6) is 0 Å². The van der Waals surface area contributed by atoms with Crippen LogP contribution in [-0.4, -0.2) is 4.98 Å². The third-order valence-corrected chi connectivity index (χ3v) is 1.81. The molecule has 1 heterocycles. The maximum Gasteiger partial charge on any atom is 0.281 e. The first kappa shape index (κ1) is 12.0. The van der Waals surface area contributed by atoms with Gasteiger partial charge in [0.25, 0.3) is 6.43 Å². The van der Waals surface area contributed by atoms with E-state index in [9.17, 15) is 8.78 Å². The highest BCUT2D eigenvalue weighted by molar-refractivity contribution is 5.66. The molecule has 0 spiro atoms. The van der Waals surface area contributed by atoms with E-state index in [-0.39, 0.29) is 22.8 Å². The fraction of sp³-hybridized carbons (Fsp3) is 0.100. The predicted molar refractivity (Wildman–Crippen MR) is 57.8 cm³/mol. The maximum absolute atomic E-state index is 12.6. The van der Waals surface area contributed by atoms with Crippen LogP contribution in [0.2, 0.25) is 0 Å². The molecule has 0 saturated carbocycles. The molecule has 0 aliphatic carbocycles. The fourth-order valence-electron chi connectivity index (χ4n) is 1.11. The van der Waals surface area contributed by atoms with Gasteiger partial charge in [-0.25, -0.2) is 8.78 Å². The van der Waals surface area contributed by atoms with E-state index in [1.165, 1.54) is 30.5 Å². The predicted octanol–water partition coefficient (Wildman–Crippen LogP) is 1.08. The molecule has 1 aromatic heterocycles. The van der Waals surface area contributed by atoms with Crippen LogP contribution in [-0.2, 0) is 0 Å². The van der Waals surface area contributed by atoms with Crippen molar-refractivity contribution in [3.8, 4) is 0 Å². The Hall–Kier alpha value is -2.11. The van der Waals surface area contributed by atoms with Crippen LogP contribution in [0.15, 0.2) is 36.3 Å². The average molecular weight is 226 g/mol. The Morgan fingerprint density at radius 1 is 1.25 bits per heavy atom. The van der Waals surface area contributed by atoms with Gasteiger partial charge in [0, 0.05) is 17.5 Å². The zero-order chi connectivity index (χ0) is 12.1. The molecule has 16 heavy (non-hydrogen) atoms. The number of pyridine rings is 1. The molecule has 6 N–H and O–H groups in total. The van der Waals surface area contributed by atoms with Crippen LogP contribution in [0, 0.1) is 0 Å². The van der Waals surface area contributed by atoms with Gasteiger partial charge in [0.1, 0.15) is 5.69 Å². The van der Waals surface area contributed by atoms with Gasteiger partial charge in [0.15, 0.2) is 0 Å². The molecule has 0 saturated heterocycles. The summed E-state index contributed by atoms with van der Waals surface area (Å²) in [4.78, 5) is 3.57. The summed E-state index contributed by atoms with van der Waals surface area (Å²) in [6, 6.07) is 2.98. The normalized spacial score (nSPS) is 11.6. The van der Waals surface area contributed by atoms with E-state index in [2.05, 4.69) is 4.98 Å². The zero-order valence-electron chi connectivity index (χ0n) is 8.40. The summed E-state index contributed by atoms with van der Waals surface area (Å²) in [5.41, 5.74) is 15.9. The third kappa shape index (κ3) is 2.94. The Bertz CT molecular complexity index is 423. The Morgan fingerprint density at radius 2 is 1.94 bits per heavy atom. The molecule has 1 aromatic rings. The Balaban J connectivity index is 3.13. The minimum absolute atomic E-state index is 0.0467. The number of hydrogen-bond acceptors (Lipinski definition) is 4. The first-order valence-corrected chi connectivity index (χ1v) is 4.44. The largest absolute Gasteiger partial charge is 0.398 e. The standard InChI is InChI=1S/C10H12F2N4/c11-10(12)9-6(2-1-5-16-9)7(13)3-4-8(14)15/h1-5,10H,13-15H2/b7-3-.